The minimum atomic E-state index is -0.455. The molecule has 0 aromatic carbocycles. The molecule has 3 rings (SSSR count). The average Bonchev–Trinajstić information content (AvgIpc) is 2.89. The second-order valence-corrected chi connectivity index (χ2v) is 5.87. The molecule has 2 aliphatic rings. The van der Waals surface area contributed by atoms with Crippen molar-refractivity contribution in [3.63, 3.8) is 0 Å². The molecule has 0 aliphatic heterocycles. The normalized spacial score (nSPS) is 35.4. The van der Waals surface area contributed by atoms with Gasteiger partial charge in [-0.15, -0.1) is 0 Å². The summed E-state index contributed by atoms with van der Waals surface area (Å²) in [4.78, 5) is 4.48. The van der Waals surface area contributed by atoms with Crippen molar-refractivity contribution in [3.05, 3.63) is 29.6 Å². The van der Waals surface area contributed by atoms with Crippen LogP contribution in [0, 0.1) is 11.8 Å². The molecule has 1 heterocycles. The lowest BCUT2D eigenvalue weighted by atomic mass is 9.81. The number of nitrogens with zero attached hydrogens (tertiary/aromatic N) is 1. The van der Waals surface area contributed by atoms with Gasteiger partial charge in [-0.2, -0.15) is 0 Å². The van der Waals surface area contributed by atoms with Crippen LogP contribution < -0.4 is 0 Å². The zero-order valence-electron chi connectivity index (χ0n) is 10.5. The van der Waals surface area contributed by atoms with E-state index in [4.69, 9.17) is 0 Å². The topological polar surface area (TPSA) is 33.1 Å². The maximum Gasteiger partial charge on any atom is 0.0733 e. The smallest absolute Gasteiger partial charge is 0.0733 e. The summed E-state index contributed by atoms with van der Waals surface area (Å²) in [7, 11) is 0. The molecule has 3 atom stereocenters. The number of rotatable bonds is 3. The van der Waals surface area contributed by atoms with Gasteiger partial charge in [0.1, 0.15) is 0 Å². The molecule has 3 unspecified atom stereocenters. The third-order valence-electron chi connectivity index (χ3n) is 4.72. The first-order chi connectivity index (χ1) is 8.19. The fourth-order valence-corrected chi connectivity index (χ4v) is 3.71. The third kappa shape index (κ3) is 1.99. The van der Waals surface area contributed by atoms with Gasteiger partial charge in [0.15, 0.2) is 0 Å². The van der Waals surface area contributed by atoms with Crippen molar-refractivity contribution in [1.82, 2.24) is 4.98 Å². The van der Waals surface area contributed by atoms with Crippen molar-refractivity contribution >= 4 is 0 Å². The Morgan fingerprint density at radius 3 is 2.82 bits per heavy atom. The van der Waals surface area contributed by atoms with Crippen LogP contribution in [0.3, 0.4) is 0 Å². The number of fused-ring (bicyclic) bond motifs is 2. The molecular formula is C15H21NO. The highest BCUT2D eigenvalue weighted by molar-refractivity contribution is 5.17. The first-order valence-electron chi connectivity index (χ1n) is 6.86. The molecule has 0 radical (unpaired) electrons. The van der Waals surface area contributed by atoms with E-state index in [2.05, 4.69) is 24.0 Å². The number of hydrogen-bond acceptors (Lipinski definition) is 2. The predicted octanol–water partition coefficient (Wildman–Crippen LogP) is 2.74. The molecule has 0 saturated heterocycles. The van der Waals surface area contributed by atoms with Gasteiger partial charge in [0.2, 0.25) is 0 Å². The molecular weight excluding hydrogens is 210 g/mol. The third-order valence-corrected chi connectivity index (χ3v) is 4.72. The van der Waals surface area contributed by atoms with Crippen molar-refractivity contribution in [2.24, 2.45) is 11.8 Å². The molecule has 2 bridgehead atoms. The Morgan fingerprint density at radius 1 is 1.41 bits per heavy atom. The van der Waals surface area contributed by atoms with Crippen LogP contribution in [0.4, 0.5) is 0 Å². The summed E-state index contributed by atoms with van der Waals surface area (Å²) in [6, 6.07) is 4.22. The van der Waals surface area contributed by atoms with E-state index in [1.165, 1.54) is 24.8 Å². The summed E-state index contributed by atoms with van der Waals surface area (Å²) in [5, 5.41) is 10.7. The number of pyridine rings is 1. The minimum absolute atomic E-state index is 0.455. The fraction of sp³-hybridized carbons (Fsp3) is 0.667. The molecule has 0 amide bonds. The Balaban J connectivity index is 1.73. The summed E-state index contributed by atoms with van der Waals surface area (Å²) >= 11 is 0. The van der Waals surface area contributed by atoms with E-state index in [0.29, 0.717) is 5.92 Å². The molecule has 92 valence electrons. The number of aryl methyl sites for hydroxylation is 1. The summed E-state index contributed by atoms with van der Waals surface area (Å²) in [5.74, 6) is 1.31. The largest absolute Gasteiger partial charge is 0.389 e. The Hall–Kier alpha value is -0.890. The fourth-order valence-electron chi connectivity index (χ4n) is 3.71. The standard InChI is InChI=1S/C15H21NO/c1-2-11-4-6-14(16-10-11)9-15(17)8-12-3-5-13(15)7-12/h4,6,10,12-13,17H,2-3,5,7-9H2,1H3. The van der Waals surface area contributed by atoms with Crippen LogP contribution in [0.2, 0.25) is 0 Å². The summed E-state index contributed by atoms with van der Waals surface area (Å²) in [5.41, 5.74) is 1.87. The summed E-state index contributed by atoms with van der Waals surface area (Å²) in [6.45, 7) is 2.14. The second kappa shape index (κ2) is 4.09. The van der Waals surface area contributed by atoms with E-state index in [1.807, 2.05) is 6.20 Å². The Kier molecular flexibility index (Phi) is 2.70. The molecule has 1 aromatic heterocycles. The van der Waals surface area contributed by atoms with Crippen molar-refractivity contribution in [1.29, 1.82) is 0 Å². The molecule has 2 saturated carbocycles. The molecule has 1 aromatic rings. The van der Waals surface area contributed by atoms with E-state index < -0.39 is 5.60 Å². The van der Waals surface area contributed by atoms with Gasteiger partial charge >= 0.3 is 0 Å². The number of hydrogen-bond donors (Lipinski definition) is 1. The first kappa shape index (κ1) is 11.2. The molecule has 2 aliphatic carbocycles. The first-order valence-corrected chi connectivity index (χ1v) is 6.86. The Labute approximate surface area is 103 Å². The van der Waals surface area contributed by atoms with Gasteiger partial charge in [0.05, 0.1) is 5.60 Å². The Morgan fingerprint density at radius 2 is 2.29 bits per heavy atom. The highest BCUT2D eigenvalue weighted by atomic mass is 16.3. The van der Waals surface area contributed by atoms with Crippen LogP contribution in [-0.4, -0.2) is 15.7 Å². The van der Waals surface area contributed by atoms with E-state index in [-0.39, 0.29) is 0 Å². The molecule has 17 heavy (non-hydrogen) atoms. The van der Waals surface area contributed by atoms with Crippen LogP contribution in [0.1, 0.15) is 43.9 Å². The SMILES string of the molecule is CCc1ccc(CC2(O)CC3CCC2C3)nc1. The Bertz CT molecular complexity index is 400. The lowest BCUT2D eigenvalue weighted by Crippen LogP contribution is -2.37. The van der Waals surface area contributed by atoms with Gasteiger partial charge in [-0.3, -0.25) is 4.98 Å². The van der Waals surface area contributed by atoms with Gasteiger partial charge in [-0.25, -0.2) is 0 Å². The monoisotopic (exact) mass is 231 g/mol. The summed E-state index contributed by atoms with van der Waals surface area (Å²) < 4.78 is 0. The van der Waals surface area contributed by atoms with Crippen molar-refractivity contribution in [3.8, 4) is 0 Å². The average molecular weight is 231 g/mol. The van der Waals surface area contributed by atoms with Gasteiger partial charge in [-0.1, -0.05) is 13.0 Å². The lowest BCUT2D eigenvalue weighted by molar-refractivity contribution is -0.0133. The quantitative estimate of drug-likeness (QED) is 0.867. The van der Waals surface area contributed by atoms with Crippen LogP contribution in [-0.2, 0) is 12.8 Å². The van der Waals surface area contributed by atoms with E-state index >= 15 is 0 Å². The zero-order chi connectivity index (χ0) is 11.9. The predicted molar refractivity (Wildman–Crippen MR) is 67.7 cm³/mol. The lowest BCUT2D eigenvalue weighted by Gasteiger charge is -2.32. The van der Waals surface area contributed by atoms with E-state index in [0.717, 1.165) is 30.9 Å². The van der Waals surface area contributed by atoms with Gasteiger partial charge < -0.3 is 5.11 Å². The molecule has 2 fully saturated rings. The minimum Gasteiger partial charge on any atom is -0.389 e. The van der Waals surface area contributed by atoms with Crippen molar-refractivity contribution < 1.29 is 5.11 Å². The molecule has 2 heteroatoms. The van der Waals surface area contributed by atoms with Crippen molar-refractivity contribution in [2.75, 3.05) is 0 Å². The van der Waals surface area contributed by atoms with Crippen LogP contribution in [0.25, 0.3) is 0 Å². The van der Waals surface area contributed by atoms with Crippen LogP contribution in [0.15, 0.2) is 18.3 Å². The molecule has 1 N–H and O–H groups in total. The number of aliphatic hydroxyl groups is 1. The van der Waals surface area contributed by atoms with Gasteiger partial charge in [-0.05, 0) is 55.6 Å². The van der Waals surface area contributed by atoms with Gasteiger partial charge in [0, 0.05) is 18.3 Å². The highest BCUT2D eigenvalue weighted by Gasteiger charge is 2.49. The molecule has 0 spiro atoms. The van der Waals surface area contributed by atoms with E-state index in [1.54, 1.807) is 0 Å². The van der Waals surface area contributed by atoms with Crippen molar-refractivity contribution in [2.45, 2.75) is 51.0 Å². The van der Waals surface area contributed by atoms with E-state index in [9.17, 15) is 5.11 Å². The maximum absolute atomic E-state index is 10.7. The van der Waals surface area contributed by atoms with Crippen LogP contribution >= 0.6 is 0 Å². The van der Waals surface area contributed by atoms with Gasteiger partial charge in [0.25, 0.3) is 0 Å². The summed E-state index contributed by atoms with van der Waals surface area (Å²) in [6.07, 6.45) is 8.51. The van der Waals surface area contributed by atoms with Crippen LogP contribution in [0.5, 0.6) is 0 Å². The second-order valence-electron chi connectivity index (χ2n) is 5.87. The molecule has 2 nitrogen and oxygen atoms in total. The highest BCUT2D eigenvalue weighted by Crippen LogP contribution is 2.51. The zero-order valence-corrected chi connectivity index (χ0v) is 10.5. The number of aromatic nitrogens is 1. The maximum atomic E-state index is 10.7.